The number of unbranched alkanes of at least 4 members (excludes halogenated alkanes) is 1. The number of ether oxygens (including phenoxy) is 1. The van der Waals surface area contributed by atoms with Crippen LogP contribution in [0.3, 0.4) is 0 Å². The van der Waals surface area contributed by atoms with E-state index >= 15 is 0 Å². The fourth-order valence-electron chi connectivity index (χ4n) is 2.16. The molecule has 0 aromatic heterocycles. The van der Waals surface area contributed by atoms with Gasteiger partial charge in [-0.3, -0.25) is 0 Å². The molecule has 0 aliphatic heterocycles. The maximum Gasteiger partial charge on any atom is 0.0646 e. The largest absolute Gasteiger partial charge is 0.381 e. The first kappa shape index (κ1) is 27.7. The maximum atomic E-state index is 5.08. The van der Waals surface area contributed by atoms with Crippen molar-refractivity contribution in [3.63, 3.8) is 0 Å². The van der Waals surface area contributed by atoms with Crippen molar-refractivity contribution in [2.75, 3.05) is 31.7 Å². The van der Waals surface area contributed by atoms with Crippen molar-refractivity contribution >= 4 is 5.69 Å². The van der Waals surface area contributed by atoms with E-state index in [0.29, 0.717) is 6.61 Å². The maximum absolute atomic E-state index is 5.08. The minimum absolute atomic E-state index is 0.664. The van der Waals surface area contributed by atoms with Gasteiger partial charge >= 0.3 is 0 Å². The molecule has 2 heteroatoms. The van der Waals surface area contributed by atoms with Crippen LogP contribution in [0.2, 0.25) is 0 Å². The van der Waals surface area contributed by atoms with Gasteiger partial charge in [-0.1, -0.05) is 89.8 Å². The summed E-state index contributed by atoms with van der Waals surface area (Å²) in [4.78, 5) is 2.45. The van der Waals surface area contributed by atoms with Crippen LogP contribution in [0.4, 0.5) is 5.69 Å². The van der Waals surface area contributed by atoms with Gasteiger partial charge in [0.15, 0.2) is 0 Å². The molecule has 0 fully saturated rings. The third kappa shape index (κ3) is 16.4. The fraction of sp³-hybridized carbons (Fsp3) is 0.600. The molecule has 0 N–H and O–H groups in total. The number of rotatable bonds is 9. The number of methoxy groups -OCH3 is 1. The standard InChI is InChI=1S/C19H29NO.2C3H8/c1-5-7-14-20(19-12-10-17(3)11-13-19)16-18(6-2)9-8-15-21-4;2*1-3-2/h6,8-13H,5,7,14-16H2,1-4H3;2*3H2,1-2H3/b9-8-,18-6+;;. The molecule has 0 aliphatic carbocycles. The Morgan fingerprint density at radius 3 is 2.00 bits per heavy atom. The van der Waals surface area contributed by atoms with E-state index in [-0.39, 0.29) is 0 Å². The van der Waals surface area contributed by atoms with Gasteiger partial charge in [0.1, 0.15) is 0 Å². The molecule has 0 spiro atoms. The van der Waals surface area contributed by atoms with Gasteiger partial charge in [0.2, 0.25) is 0 Å². The molecular weight excluding hydrogens is 330 g/mol. The highest BCUT2D eigenvalue weighted by Crippen LogP contribution is 2.18. The van der Waals surface area contributed by atoms with E-state index in [1.807, 2.05) is 0 Å². The Morgan fingerprint density at radius 1 is 1.00 bits per heavy atom. The Bertz CT molecular complexity index is 472. The molecule has 0 radical (unpaired) electrons. The fourth-order valence-corrected chi connectivity index (χ4v) is 2.16. The van der Waals surface area contributed by atoms with Crippen LogP contribution in [0.15, 0.2) is 48.1 Å². The molecule has 2 nitrogen and oxygen atoms in total. The number of aryl methyl sites for hydroxylation is 1. The number of benzene rings is 1. The highest BCUT2D eigenvalue weighted by Gasteiger charge is 2.07. The van der Waals surface area contributed by atoms with Crippen molar-refractivity contribution in [1.82, 2.24) is 0 Å². The molecule has 0 saturated heterocycles. The topological polar surface area (TPSA) is 12.5 Å². The minimum atomic E-state index is 0.664. The Kier molecular flexibility index (Phi) is 21.3. The third-order valence-electron chi connectivity index (χ3n) is 3.52. The van der Waals surface area contributed by atoms with Crippen molar-refractivity contribution < 1.29 is 4.74 Å². The quantitative estimate of drug-likeness (QED) is 0.412. The Morgan fingerprint density at radius 2 is 1.56 bits per heavy atom. The highest BCUT2D eigenvalue weighted by molar-refractivity contribution is 5.49. The average Bonchev–Trinajstić information content (AvgIpc) is 2.66. The molecule has 0 unspecified atom stereocenters. The molecule has 27 heavy (non-hydrogen) atoms. The van der Waals surface area contributed by atoms with Crippen LogP contribution in [0.25, 0.3) is 0 Å². The van der Waals surface area contributed by atoms with E-state index in [0.717, 1.165) is 13.1 Å². The van der Waals surface area contributed by atoms with Crippen molar-refractivity contribution in [3.05, 3.63) is 53.6 Å². The minimum Gasteiger partial charge on any atom is -0.381 e. The molecule has 1 aromatic rings. The van der Waals surface area contributed by atoms with Crippen molar-refractivity contribution in [1.29, 1.82) is 0 Å². The molecule has 0 amide bonds. The molecule has 0 aliphatic rings. The molecule has 0 heterocycles. The van der Waals surface area contributed by atoms with Gasteiger partial charge in [0.25, 0.3) is 0 Å². The highest BCUT2D eigenvalue weighted by atomic mass is 16.5. The van der Waals surface area contributed by atoms with Crippen LogP contribution >= 0.6 is 0 Å². The Hall–Kier alpha value is -1.54. The summed E-state index contributed by atoms with van der Waals surface area (Å²) in [5.74, 6) is 0. The number of anilines is 1. The van der Waals surface area contributed by atoms with Crippen LogP contribution in [0.1, 0.15) is 72.8 Å². The lowest BCUT2D eigenvalue weighted by Crippen LogP contribution is -2.26. The zero-order valence-corrected chi connectivity index (χ0v) is 19.3. The normalized spacial score (nSPS) is 10.7. The van der Waals surface area contributed by atoms with E-state index in [2.05, 4.69) is 95.9 Å². The van der Waals surface area contributed by atoms with Gasteiger partial charge in [0.05, 0.1) is 6.61 Å². The summed E-state index contributed by atoms with van der Waals surface area (Å²) in [7, 11) is 1.72. The summed E-state index contributed by atoms with van der Waals surface area (Å²) in [6, 6.07) is 8.81. The molecule has 1 aromatic carbocycles. The van der Waals surface area contributed by atoms with Gasteiger partial charge < -0.3 is 9.64 Å². The smallest absolute Gasteiger partial charge is 0.0646 e. The molecular formula is C25H45NO. The van der Waals surface area contributed by atoms with E-state index in [1.165, 1.54) is 42.5 Å². The van der Waals surface area contributed by atoms with Gasteiger partial charge in [-0.25, -0.2) is 0 Å². The lowest BCUT2D eigenvalue weighted by molar-refractivity contribution is 0.234. The van der Waals surface area contributed by atoms with Crippen LogP contribution in [0, 0.1) is 6.92 Å². The lowest BCUT2D eigenvalue weighted by Gasteiger charge is -2.25. The van der Waals surface area contributed by atoms with Crippen molar-refractivity contribution in [3.8, 4) is 0 Å². The van der Waals surface area contributed by atoms with Gasteiger partial charge in [-0.05, 0) is 38.0 Å². The predicted molar refractivity (Wildman–Crippen MR) is 125 cm³/mol. The van der Waals surface area contributed by atoms with E-state index < -0.39 is 0 Å². The van der Waals surface area contributed by atoms with Crippen LogP contribution in [-0.4, -0.2) is 26.8 Å². The van der Waals surface area contributed by atoms with Gasteiger partial charge in [-0.15, -0.1) is 0 Å². The number of hydrogen-bond acceptors (Lipinski definition) is 2. The van der Waals surface area contributed by atoms with Crippen molar-refractivity contribution in [2.24, 2.45) is 0 Å². The first-order valence-corrected chi connectivity index (χ1v) is 10.7. The average molecular weight is 376 g/mol. The Labute approximate surface area is 170 Å². The van der Waals surface area contributed by atoms with Gasteiger partial charge in [0, 0.05) is 25.9 Å². The first-order chi connectivity index (χ1) is 13.0. The van der Waals surface area contributed by atoms with E-state index in [4.69, 9.17) is 4.74 Å². The second-order valence-corrected chi connectivity index (χ2v) is 6.75. The first-order valence-electron chi connectivity index (χ1n) is 10.7. The zero-order chi connectivity index (χ0) is 20.9. The van der Waals surface area contributed by atoms with Crippen LogP contribution < -0.4 is 4.90 Å². The van der Waals surface area contributed by atoms with Crippen LogP contribution in [0.5, 0.6) is 0 Å². The molecule has 156 valence electrons. The zero-order valence-electron chi connectivity index (χ0n) is 19.3. The van der Waals surface area contributed by atoms with Crippen LogP contribution in [-0.2, 0) is 4.74 Å². The third-order valence-corrected chi connectivity index (χ3v) is 3.52. The Balaban J connectivity index is 0. The lowest BCUT2D eigenvalue weighted by atomic mass is 10.1. The van der Waals surface area contributed by atoms with E-state index in [9.17, 15) is 0 Å². The monoisotopic (exact) mass is 375 g/mol. The number of allylic oxidation sites excluding steroid dienone is 1. The molecule has 1 rings (SSSR count). The second kappa shape index (κ2) is 20.8. The summed E-state index contributed by atoms with van der Waals surface area (Å²) < 4.78 is 5.08. The molecule has 0 bridgehead atoms. The number of hydrogen-bond donors (Lipinski definition) is 0. The summed E-state index contributed by atoms with van der Waals surface area (Å²) in [6.45, 7) is 17.7. The molecule has 0 saturated carbocycles. The van der Waals surface area contributed by atoms with Gasteiger partial charge in [-0.2, -0.15) is 0 Å². The summed E-state index contributed by atoms with van der Waals surface area (Å²) in [5.41, 5.74) is 3.93. The number of nitrogens with zero attached hydrogens (tertiary/aromatic N) is 1. The molecule has 0 atom stereocenters. The second-order valence-electron chi connectivity index (χ2n) is 6.75. The predicted octanol–water partition coefficient (Wildman–Crippen LogP) is 7.58. The summed E-state index contributed by atoms with van der Waals surface area (Å²) >= 11 is 0. The summed E-state index contributed by atoms with van der Waals surface area (Å²) in [5, 5.41) is 0. The SMILES string of the molecule is C/C=C(\C=C/COC)CN(CCCC)c1ccc(C)cc1.CCC.CCC. The van der Waals surface area contributed by atoms with Crippen molar-refractivity contribution in [2.45, 2.75) is 74.1 Å². The summed E-state index contributed by atoms with van der Waals surface area (Å²) in [6.07, 6.45) is 11.3. The van der Waals surface area contributed by atoms with E-state index in [1.54, 1.807) is 7.11 Å².